The molecule has 0 aliphatic carbocycles. The van der Waals surface area contributed by atoms with E-state index in [1.807, 2.05) is 48.8 Å². The lowest BCUT2D eigenvalue weighted by atomic mass is 10.1. The highest BCUT2D eigenvalue weighted by molar-refractivity contribution is 5.84. The minimum absolute atomic E-state index is 0. The molecule has 0 saturated carbocycles. The number of carbonyl (C=O) groups excluding carboxylic acids is 1. The maximum absolute atomic E-state index is 11.8. The van der Waals surface area contributed by atoms with Crippen LogP contribution in [0.15, 0.2) is 60.9 Å². The number of amides is 1. The Bertz CT molecular complexity index is 1270. The molecule has 6 N–H and O–H groups in total. The number of aromatic amines is 2. The van der Waals surface area contributed by atoms with Crippen molar-refractivity contribution in [1.82, 2.24) is 15.3 Å². The van der Waals surface area contributed by atoms with Gasteiger partial charge in [-0.15, -0.1) is 0 Å². The van der Waals surface area contributed by atoms with Crippen molar-refractivity contribution >= 4 is 33.7 Å². The van der Waals surface area contributed by atoms with Gasteiger partial charge in [0.2, 0.25) is 5.91 Å². The van der Waals surface area contributed by atoms with E-state index in [4.69, 9.17) is 10.8 Å². The number of nitrogens with two attached hydrogens (primary N) is 1. The molecule has 0 radical (unpaired) electrons. The molecule has 4 rings (SSSR count). The van der Waals surface area contributed by atoms with Gasteiger partial charge < -0.3 is 26.1 Å². The first-order valence-electron chi connectivity index (χ1n) is 15.3. The number of carboxylic acid groups (broad SMARTS) is 1. The minimum Gasteiger partial charge on any atom is -0.481 e. The number of hydrogen-bond acceptors (Lipinski definition) is 3. The highest BCUT2D eigenvalue weighted by Crippen LogP contribution is 2.19. The van der Waals surface area contributed by atoms with Gasteiger partial charge in [-0.25, -0.2) is 0 Å². The monoisotopic (exact) mass is 578 g/mol. The minimum atomic E-state index is -0.754. The van der Waals surface area contributed by atoms with Crippen LogP contribution < -0.4 is 11.1 Å². The third-order valence-corrected chi connectivity index (χ3v) is 6.99. The maximum atomic E-state index is 11.8. The molecule has 2 heterocycles. The second-order valence-corrected chi connectivity index (χ2v) is 10.4. The molecule has 0 saturated heterocycles. The van der Waals surface area contributed by atoms with Crippen LogP contribution in [0.1, 0.15) is 96.6 Å². The van der Waals surface area contributed by atoms with Crippen LogP contribution in [0, 0.1) is 0 Å². The number of H-pyrrole nitrogens is 2. The van der Waals surface area contributed by atoms with E-state index in [0.717, 1.165) is 47.9 Å². The van der Waals surface area contributed by atoms with Gasteiger partial charge in [-0.1, -0.05) is 96.2 Å². The van der Waals surface area contributed by atoms with Gasteiger partial charge in [0.15, 0.2) is 0 Å². The fourth-order valence-corrected chi connectivity index (χ4v) is 4.61. The number of aryl methyl sites for hydroxylation is 2. The van der Waals surface area contributed by atoms with Gasteiger partial charge in [-0.2, -0.15) is 0 Å². The number of para-hydroxylation sites is 2. The molecule has 0 unspecified atom stereocenters. The summed E-state index contributed by atoms with van der Waals surface area (Å²) in [4.78, 5) is 28.6. The van der Waals surface area contributed by atoms with Crippen molar-refractivity contribution in [3.05, 3.63) is 72.1 Å². The summed E-state index contributed by atoms with van der Waals surface area (Å²) in [6.07, 6.45) is 16.0. The van der Waals surface area contributed by atoms with Gasteiger partial charge in [0.25, 0.3) is 0 Å². The van der Waals surface area contributed by atoms with E-state index < -0.39 is 5.97 Å². The molecular formula is C35H54N4O3. The van der Waals surface area contributed by atoms with Crippen molar-refractivity contribution in [2.24, 2.45) is 5.73 Å². The van der Waals surface area contributed by atoms with E-state index in [9.17, 15) is 9.59 Å². The number of hydrogen-bond donors (Lipinski definition) is 5. The second-order valence-electron chi connectivity index (χ2n) is 10.4. The molecule has 4 aromatic rings. The average Bonchev–Trinajstić information content (AvgIpc) is 3.60. The summed E-state index contributed by atoms with van der Waals surface area (Å²) in [5.41, 5.74) is 9.77. The van der Waals surface area contributed by atoms with Gasteiger partial charge in [-0.3, -0.25) is 9.59 Å². The van der Waals surface area contributed by atoms with E-state index in [-0.39, 0.29) is 19.8 Å². The number of carboxylic acids is 1. The number of aromatic nitrogens is 2. The zero-order valence-electron chi connectivity index (χ0n) is 25.0. The summed E-state index contributed by atoms with van der Waals surface area (Å²) in [5, 5.41) is 13.9. The van der Waals surface area contributed by atoms with E-state index in [1.165, 1.54) is 55.9 Å². The van der Waals surface area contributed by atoms with Crippen molar-refractivity contribution < 1.29 is 14.7 Å². The zero-order chi connectivity index (χ0) is 29.7. The summed E-state index contributed by atoms with van der Waals surface area (Å²) in [7, 11) is 0. The molecule has 7 heteroatoms. The molecule has 42 heavy (non-hydrogen) atoms. The maximum Gasteiger partial charge on any atom is 0.303 e. The van der Waals surface area contributed by atoms with Crippen molar-refractivity contribution in [3.8, 4) is 0 Å². The Balaban J connectivity index is 0.000000349. The number of unbranched alkanes of at least 4 members (excludes halogenated alkanes) is 6. The van der Waals surface area contributed by atoms with E-state index in [0.29, 0.717) is 12.8 Å². The Kier molecular flexibility index (Phi) is 19.2. The van der Waals surface area contributed by atoms with Gasteiger partial charge in [-0.05, 0) is 55.5 Å². The third kappa shape index (κ3) is 13.9. The lowest BCUT2D eigenvalue weighted by Crippen LogP contribution is -2.24. The summed E-state index contributed by atoms with van der Waals surface area (Å²) >= 11 is 0. The van der Waals surface area contributed by atoms with Crippen LogP contribution in [0.5, 0.6) is 0 Å². The molecular weight excluding hydrogens is 524 g/mol. The zero-order valence-corrected chi connectivity index (χ0v) is 25.0. The quantitative estimate of drug-likeness (QED) is 0.0913. The molecule has 0 atom stereocenters. The van der Waals surface area contributed by atoms with Crippen molar-refractivity contribution in [3.63, 3.8) is 0 Å². The first-order chi connectivity index (χ1) is 20.0. The molecule has 7 nitrogen and oxygen atoms in total. The molecule has 0 fully saturated rings. The SMILES string of the molecule is C.CCCCCCN.CCCCCCNC(=O)CCc1c[nH]c2ccccc12.O=C(O)CCc1c[nH]c2ccccc12. The molecule has 2 aromatic heterocycles. The molecule has 0 bridgehead atoms. The van der Waals surface area contributed by atoms with E-state index in [2.05, 4.69) is 41.3 Å². The summed E-state index contributed by atoms with van der Waals surface area (Å²) in [5.74, 6) is -0.595. The molecule has 232 valence electrons. The van der Waals surface area contributed by atoms with Crippen molar-refractivity contribution in [2.75, 3.05) is 13.1 Å². The molecule has 0 aliphatic rings. The number of rotatable bonds is 15. The van der Waals surface area contributed by atoms with E-state index in [1.54, 1.807) is 0 Å². The van der Waals surface area contributed by atoms with Gasteiger partial charge in [0.05, 0.1) is 0 Å². The van der Waals surface area contributed by atoms with Crippen LogP contribution in [0.4, 0.5) is 0 Å². The molecule has 1 amide bonds. The Morgan fingerprint density at radius 3 is 1.74 bits per heavy atom. The highest BCUT2D eigenvalue weighted by atomic mass is 16.4. The topological polar surface area (TPSA) is 124 Å². The van der Waals surface area contributed by atoms with E-state index >= 15 is 0 Å². The summed E-state index contributed by atoms with van der Waals surface area (Å²) in [6.45, 7) is 6.07. The van der Waals surface area contributed by atoms with Gasteiger partial charge >= 0.3 is 5.97 Å². The molecule has 0 aliphatic heterocycles. The van der Waals surface area contributed by atoms with Gasteiger partial charge in [0.1, 0.15) is 0 Å². The second kappa shape index (κ2) is 22.1. The average molecular weight is 579 g/mol. The predicted molar refractivity (Wildman–Crippen MR) is 178 cm³/mol. The van der Waals surface area contributed by atoms with Crippen LogP contribution in [-0.2, 0) is 22.4 Å². The van der Waals surface area contributed by atoms with Crippen LogP contribution in [0.3, 0.4) is 0 Å². The number of nitrogens with one attached hydrogen (secondary N) is 3. The van der Waals surface area contributed by atoms with Crippen molar-refractivity contribution in [1.29, 1.82) is 0 Å². The fraction of sp³-hybridized carbons (Fsp3) is 0.486. The number of fused-ring (bicyclic) bond motifs is 2. The first-order valence-corrected chi connectivity index (χ1v) is 15.3. The van der Waals surface area contributed by atoms with Crippen LogP contribution >= 0.6 is 0 Å². The standard InChI is InChI=1S/C17H24N2O.C11H11NO2.C6H15N.CH4/c1-2-3-4-7-12-18-17(20)11-10-14-13-19-16-9-6-5-8-15(14)16;13-11(14)6-5-8-7-12-10-4-2-1-3-9(8)10;1-2-3-4-5-6-7;/h5-6,8-9,13,19H,2-4,7,10-12H2,1H3,(H,18,20);1-4,7,12H,5-6H2,(H,13,14);2-7H2,1H3;1H4. The molecule has 0 spiro atoms. The van der Waals surface area contributed by atoms with Crippen LogP contribution in [0.25, 0.3) is 21.8 Å². The number of carbonyl (C=O) groups is 2. The summed E-state index contributed by atoms with van der Waals surface area (Å²) in [6, 6.07) is 16.1. The predicted octanol–water partition coefficient (Wildman–Crippen LogP) is 8.14. The van der Waals surface area contributed by atoms with Crippen molar-refractivity contribution in [2.45, 2.75) is 98.3 Å². The Morgan fingerprint density at radius 2 is 1.24 bits per heavy atom. The Morgan fingerprint density at radius 1 is 0.738 bits per heavy atom. The normalized spacial score (nSPS) is 10.3. The smallest absolute Gasteiger partial charge is 0.303 e. The lowest BCUT2D eigenvalue weighted by molar-refractivity contribution is -0.137. The number of benzene rings is 2. The lowest BCUT2D eigenvalue weighted by Gasteiger charge is -2.04. The van der Waals surface area contributed by atoms with Crippen LogP contribution in [0.2, 0.25) is 0 Å². The fourth-order valence-electron chi connectivity index (χ4n) is 4.61. The van der Waals surface area contributed by atoms with Gasteiger partial charge in [0, 0.05) is 53.6 Å². The third-order valence-electron chi connectivity index (χ3n) is 6.99. The largest absolute Gasteiger partial charge is 0.481 e. The molecule has 2 aromatic carbocycles. The highest BCUT2D eigenvalue weighted by Gasteiger charge is 2.06. The Labute approximate surface area is 252 Å². The Hall–Kier alpha value is -3.58. The number of aliphatic carboxylic acids is 1. The summed E-state index contributed by atoms with van der Waals surface area (Å²) < 4.78 is 0. The first kappa shape index (κ1) is 36.4. The van der Waals surface area contributed by atoms with Crippen LogP contribution in [-0.4, -0.2) is 40.0 Å².